The lowest BCUT2D eigenvalue weighted by atomic mass is 10.2. The molecule has 0 aliphatic carbocycles. The van der Waals surface area contributed by atoms with Crippen molar-refractivity contribution in [3.8, 4) is 5.75 Å². The smallest absolute Gasteiger partial charge is 0.175 e. The predicted molar refractivity (Wildman–Crippen MR) is 67.1 cm³/mol. The van der Waals surface area contributed by atoms with Crippen LogP contribution in [-0.4, -0.2) is 0 Å². The van der Waals surface area contributed by atoms with Gasteiger partial charge < -0.3 is 4.74 Å². The number of rotatable bonds is 1. The van der Waals surface area contributed by atoms with Crippen LogP contribution in [0.15, 0.2) is 53.4 Å². The molecular formula is C13H9ClOS. The minimum atomic E-state index is -0.0221. The Morgan fingerprint density at radius 2 is 1.75 bits per heavy atom. The molecule has 1 aliphatic rings. The highest BCUT2D eigenvalue weighted by Crippen LogP contribution is 2.49. The molecule has 3 heteroatoms. The van der Waals surface area contributed by atoms with E-state index in [1.165, 1.54) is 4.90 Å². The molecule has 1 unspecified atom stereocenters. The van der Waals surface area contributed by atoms with Gasteiger partial charge in [-0.25, -0.2) is 0 Å². The fraction of sp³-hybridized carbons (Fsp3) is 0.0769. The Kier molecular flexibility index (Phi) is 2.54. The maximum absolute atomic E-state index is 6.15. The van der Waals surface area contributed by atoms with Crippen LogP contribution in [0.2, 0.25) is 5.02 Å². The molecule has 0 aromatic heterocycles. The predicted octanol–water partition coefficient (Wildman–Crippen LogP) is 4.52. The van der Waals surface area contributed by atoms with Gasteiger partial charge in [0.15, 0.2) is 5.44 Å². The molecule has 0 spiro atoms. The molecule has 2 aromatic rings. The summed E-state index contributed by atoms with van der Waals surface area (Å²) in [5.41, 5.74) is 1.01. The zero-order valence-corrected chi connectivity index (χ0v) is 9.96. The fourth-order valence-electron chi connectivity index (χ4n) is 1.69. The average molecular weight is 249 g/mol. The summed E-state index contributed by atoms with van der Waals surface area (Å²) < 4.78 is 5.85. The Morgan fingerprint density at radius 1 is 1.00 bits per heavy atom. The van der Waals surface area contributed by atoms with Crippen LogP contribution < -0.4 is 4.74 Å². The molecule has 0 saturated carbocycles. The molecule has 0 saturated heterocycles. The third-order valence-electron chi connectivity index (χ3n) is 2.48. The summed E-state index contributed by atoms with van der Waals surface area (Å²) in [5, 5.41) is 0.757. The molecular weight excluding hydrogens is 240 g/mol. The van der Waals surface area contributed by atoms with Crippen molar-refractivity contribution in [3.63, 3.8) is 0 Å². The number of halogens is 1. The maximum Gasteiger partial charge on any atom is 0.175 e. The summed E-state index contributed by atoms with van der Waals surface area (Å²) in [5.74, 6) is 0.942. The number of benzene rings is 2. The van der Waals surface area contributed by atoms with Crippen LogP contribution >= 0.6 is 23.4 Å². The summed E-state index contributed by atoms with van der Waals surface area (Å²) >= 11 is 7.85. The van der Waals surface area contributed by atoms with Crippen molar-refractivity contribution in [1.29, 1.82) is 0 Å². The minimum absolute atomic E-state index is 0.0221. The quantitative estimate of drug-likeness (QED) is 0.734. The first-order valence-electron chi connectivity index (χ1n) is 5.01. The summed E-state index contributed by atoms with van der Waals surface area (Å²) in [6, 6.07) is 15.9. The molecule has 2 aromatic carbocycles. The van der Waals surface area contributed by atoms with Gasteiger partial charge >= 0.3 is 0 Å². The third-order valence-corrected chi connectivity index (χ3v) is 3.98. The van der Waals surface area contributed by atoms with E-state index in [1.54, 1.807) is 11.8 Å². The molecule has 0 amide bonds. The molecule has 1 heterocycles. The maximum atomic E-state index is 6.15. The van der Waals surface area contributed by atoms with E-state index in [-0.39, 0.29) is 5.44 Å². The molecule has 1 atom stereocenters. The topological polar surface area (TPSA) is 9.23 Å². The third kappa shape index (κ3) is 1.68. The molecule has 0 N–H and O–H groups in total. The molecule has 0 radical (unpaired) electrons. The summed E-state index contributed by atoms with van der Waals surface area (Å²) in [7, 11) is 0. The highest BCUT2D eigenvalue weighted by molar-refractivity contribution is 7.99. The molecule has 3 rings (SSSR count). The van der Waals surface area contributed by atoms with Crippen LogP contribution in [0.4, 0.5) is 0 Å². The first-order valence-corrected chi connectivity index (χ1v) is 6.27. The summed E-state index contributed by atoms with van der Waals surface area (Å²) in [4.78, 5) is 1.17. The monoisotopic (exact) mass is 248 g/mol. The first-order chi connectivity index (χ1) is 7.84. The number of para-hydroxylation sites is 1. The van der Waals surface area contributed by atoms with Crippen LogP contribution in [-0.2, 0) is 0 Å². The lowest BCUT2D eigenvalue weighted by Crippen LogP contribution is -1.98. The standard InChI is InChI=1S/C13H9ClOS/c14-10-6-2-1-5-9(10)13-15-11-7-3-4-8-12(11)16-13/h1-8,13H. The van der Waals surface area contributed by atoms with Crippen LogP contribution in [0, 0.1) is 0 Å². The second kappa shape index (κ2) is 4.04. The highest BCUT2D eigenvalue weighted by Gasteiger charge is 2.26. The van der Waals surface area contributed by atoms with Crippen LogP contribution in [0.1, 0.15) is 11.0 Å². The molecule has 80 valence electrons. The summed E-state index contributed by atoms with van der Waals surface area (Å²) in [6.45, 7) is 0. The Labute approximate surface area is 103 Å². The number of hydrogen-bond donors (Lipinski definition) is 0. The lowest BCUT2D eigenvalue weighted by Gasteiger charge is -2.11. The van der Waals surface area contributed by atoms with Crippen LogP contribution in [0.3, 0.4) is 0 Å². The molecule has 1 nitrogen and oxygen atoms in total. The van der Waals surface area contributed by atoms with E-state index in [2.05, 4.69) is 6.07 Å². The lowest BCUT2D eigenvalue weighted by molar-refractivity contribution is 0.302. The van der Waals surface area contributed by atoms with Gasteiger partial charge in [0.1, 0.15) is 5.75 Å². The molecule has 0 fully saturated rings. The summed E-state index contributed by atoms with van der Waals surface area (Å²) in [6.07, 6.45) is 0. The van der Waals surface area contributed by atoms with Crippen molar-refractivity contribution >= 4 is 23.4 Å². The zero-order chi connectivity index (χ0) is 11.0. The number of thioether (sulfide) groups is 1. The highest BCUT2D eigenvalue weighted by atomic mass is 35.5. The molecule has 0 bridgehead atoms. The fourth-order valence-corrected chi connectivity index (χ4v) is 3.10. The minimum Gasteiger partial charge on any atom is -0.473 e. The van der Waals surface area contributed by atoms with E-state index in [0.29, 0.717) is 0 Å². The van der Waals surface area contributed by atoms with Crippen LogP contribution in [0.25, 0.3) is 0 Å². The Hall–Kier alpha value is -1.12. The van der Waals surface area contributed by atoms with Gasteiger partial charge in [0.25, 0.3) is 0 Å². The second-order valence-corrected chi connectivity index (χ2v) is 5.05. The average Bonchev–Trinajstić information content (AvgIpc) is 2.73. The number of ether oxygens (including phenoxy) is 1. The van der Waals surface area contributed by atoms with E-state index >= 15 is 0 Å². The second-order valence-electron chi connectivity index (χ2n) is 3.54. The molecule has 1 aliphatic heterocycles. The van der Waals surface area contributed by atoms with Gasteiger partial charge in [-0.2, -0.15) is 0 Å². The Bertz CT molecular complexity index is 502. The van der Waals surface area contributed by atoms with Gasteiger partial charge in [-0.05, 0) is 18.2 Å². The van der Waals surface area contributed by atoms with E-state index < -0.39 is 0 Å². The van der Waals surface area contributed by atoms with Crippen molar-refractivity contribution in [1.82, 2.24) is 0 Å². The van der Waals surface area contributed by atoms with Gasteiger partial charge in [0.2, 0.25) is 0 Å². The van der Waals surface area contributed by atoms with E-state index in [1.807, 2.05) is 42.5 Å². The van der Waals surface area contributed by atoms with Crippen molar-refractivity contribution < 1.29 is 4.74 Å². The molecule has 16 heavy (non-hydrogen) atoms. The largest absolute Gasteiger partial charge is 0.473 e. The van der Waals surface area contributed by atoms with Crippen molar-refractivity contribution in [2.75, 3.05) is 0 Å². The van der Waals surface area contributed by atoms with E-state index in [9.17, 15) is 0 Å². The Morgan fingerprint density at radius 3 is 2.56 bits per heavy atom. The Balaban J connectivity index is 1.95. The van der Waals surface area contributed by atoms with Gasteiger partial charge in [-0.15, -0.1) is 0 Å². The van der Waals surface area contributed by atoms with E-state index in [0.717, 1.165) is 16.3 Å². The van der Waals surface area contributed by atoms with Gasteiger partial charge in [0.05, 0.1) is 4.90 Å². The normalized spacial score (nSPS) is 17.9. The number of hydrogen-bond acceptors (Lipinski definition) is 2. The first kappa shape index (κ1) is 10.1. The van der Waals surface area contributed by atoms with Crippen LogP contribution in [0.5, 0.6) is 5.75 Å². The van der Waals surface area contributed by atoms with Gasteiger partial charge in [-0.1, -0.05) is 53.7 Å². The zero-order valence-electron chi connectivity index (χ0n) is 8.39. The van der Waals surface area contributed by atoms with Gasteiger partial charge in [-0.3, -0.25) is 0 Å². The number of fused-ring (bicyclic) bond motifs is 1. The van der Waals surface area contributed by atoms with E-state index in [4.69, 9.17) is 16.3 Å². The van der Waals surface area contributed by atoms with Crippen molar-refractivity contribution in [2.45, 2.75) is 10.3 Å². The van der Waals surface area contributed by atoms with Crippen molar-refractivity contribution in [2.24, 2.45) is 0 Å². The van der Waals surface area contributed by atoms with Crippen molar-refractivity contribution in [3.05, 3.63) is 59.1 Å². The SMILES string of the molecule is Clc1ccccc1C1Oc2ccccc2S1. The van der Waals surface area contributed by atoms with Gasteiger partial charge in [0, 0.05) is 10.6 Å².